The summed E-state index contributed by atoms with van der Waals surface area (Å²) in [5, 5.41) is 6.57. The second kappa shape index (κ2) is 15.3. The average Bonchev–Trinajstić information content (AvgIpc) is 2.66. The van der Waals surface area contributed by atoms with Crippen LogP contribution < -0.4 is 15.4 Å². The van der Waals surface area contributed by atoms with Crippen LogP contribution in [0.25, 0.3) is 0 Å². The zero-order valence-corrected chi connectivity index (χ0v) is 17.4. The lowest BCUT2D eigenvalue weighted by molar-refractivity contribution is 0.0487. The zero-order valence-electron chi connectivity index (χ0n) is 17.4. The van der Waals surface area contributed by atoms with Crippen molar-refractivity contribution in [1.82, 2.24) is 10.6 Å². The van der Waals surface area contributed by atoms with Crippen molar-refractivity contribution in [3.8, 4) is 5.75 Å². The lowest BCUT2D eigenvalue weighted by atomic mass is 10.1. The van der Waals surface area contributed by atoms with Gasteiger partial charge in [-0.05, 0) is 44.4 Å². The predicted molar refractivity (Wildman–Crippen MR) is 112 cm³/mol. The summed E-state index contributed by atoms with van der Waals surface area (Å²) in [5.74, 6) is 1.70. The van der Waals surface area contributed by atoms with Gasteiger partial charge in [0.2, 0.25) is 0 Å². The van der Waals surface area contributed by atoms with Gasteiger partial charge in [-0.25, -0.2) is 0 Å². The fourth-order valence-electron chi connectivity index (χ4n) is 2.36. The van der Waals surface area contributed by atoms with Crippen LogP contribution in [0, 0.1) is 0 Å². The summed E-state index contributed by atoms with van der Waals surface area (Å²) in [5.41, 5.74) is 1.26. The SMILES string of the molecule is CCCCOCCOCCNC(=NC)NCCc1ccc(OC(C)C)cc1. The molecule has 0 bridgehead atoms. The van der Waals surface area contributed by atoms with Gasteiger partial charge < -0.3 is 24.8 Å². The molecule has 1 aromatic rings. The van der Waals surface area contributed by atoms with Crippen molar-refractivity contribution in [3.63, 3.8) is 0 Å². The maximum absolute atomic E-state index is 5.66. The first-order valence-electron chi connectivity index (χ1n) is 10.0. The topological polar surface area (TPSA) is 64.1 Å². The summed E-state index contributed by atoms with van der Waals surface area (Å²) in [7, 11) is 1.77. The highest BCUT2D eigenvalue weighted by atomic mass is 16.5. The fraction of sp³-hybridized carbons (Fsp3) is 0.667. The van der Waals surface area contributed by atoms with E-state index in [0.717, 1.165) is 50.7 Å². The molecule has 0 atom stereocenters. The largest absolute Gasteiger partial charge is 0.491 e. The lowest BCUT2D eigenvalue weighted by Gasteiger charge is -2.13. The Bertz CT molecular complexity index is 504. The molecule has 2 N–H and O–H groups in total. The summed E-state index contributed by atoms with van der Waals surface area (Å²) in [6.45, 7) is 10.5. The smallest absolute Gasteiger partial charge is 0.191 e. The van der Waals surface area contributed by atoms with Gasteiger partial charge in [0.1, 0.15) is 5.75 Å². The molecule has 1 rings (SSSR count). The first-order chi connectivity index (χ1) is 13.2. The van der Waals surface area contributed by atoms with E-state index >= 15 is 0 Å². The third-order valence-corrected chi connectivity index (χ3v) is 3.78. The molecule has 6 nitrogen and oxygen atoms in total. The lowest BCUT2D eigenvalue weighted by Crippen LogP contribution is -2.39. The van der Waals surface area contributed by atoms with E-state index in [4.69, 9.17) is 14.2 Å². The monoisotopic (exact) mass is 379 g/mol. The summed E-state index contributed by atoms with van der Waals surface area (Å²) in [6.07, 6.45) is 3.40. The number of guanidine groups is 1. The highest BCUT2D eigenvalue weighted by Crippen LogP contribution is 2.13. The van der Waals surface area contributed by atoms with E-state index in [9.17, 15) is 0 Å². The molecule has 0 fully saturated rings. The summed E-state index contributed by atoms with van der Waals surface area (Å²) >= 11 is 0. The summed E-state index contributed by atoms with van der Waals surface area (Å²) in [4.78, 5) is 4.23. The second-order valence-corrected chi connectivity index (χ2v) is 6.56. The minimum atomic E-state index is 0.199. The Kier molecular flexibility index (Phi) is 13.2. The predicted octanol–water partition coefficient (Wildman–Crippen LogP) is 3.01. The van der Waals surface area contributed by atoms with Crippen molar-refractivity contribution < 1.29 is 14.2 Å². The maximum atomic E-state index is 5.66. The summed E-state index contributed by atoms with van der Waals surface area (Å²) in [6, 6.07) is 8.25. The van der Waals surface area contributed by atoms with Crippen molar-refractivity contribution in [2.45, 2.75) is 46.1 Å². The van der Waals surface area contributed by atoms with E-state index in [1.165, 1.54) is 5.56 Å². The molecule has 0 radical (unpaired) electrons. The van der Waals surface area contributed by atoms with Crippen molar-refractivity contribution in [2.24, 2.45) is 4.99 Å². The number of nitrogens with zero attached hydrogens (tertiary/aromatic N) is 1. The Morgan fingerprint density at radius 1 is 0.963 bits per heavy atom. The van der Waals surface area contributed by atoms with Gasteiger partial charge in [0.05, 0.1) is 25.9 Å². The Labute approximate surface area is 164 Å². The molecule has 6 heteroatoms. The van der Waals surface area contributed by atoms with E-state index in [0.29, 0.717) is 19.8 Å². The number of benzene rings is 1. The van der Waals surface area contributed by atoms with Gasteiger partial charge in [-0.2, -0.15) is 0 Å². The molecule has 27 heavy (non-hydrogen) atoms. The molecular weight excluding hydrogens is 342 g/mol. The van der Waals surface area contributed by atoms with Crippen LogP contribution in [0.15, 0.2) is 29.3 Å². The Morgan fingerprint density at radius 3 is 2.26 bits per heavy atom. The normalized spacial score (nSPS) is 11.7. The van der Waals surface area contributed by atoms with Crippen LogP contribution in [0.2, 0.25) is 0 Å². The molecular formula is C21H37N3O3. The fourth-order valence-corrected chi connectivity index (χ4v) is 2.36. The number of hydrogen-bond donors (Lipinski definition) is 2. The molecule has 0 spiro atoms. The second-order valence-electron chi connectivity index (χ2n) is 6.56. The van der Waals surface area contributed by atoms with Gasteiger partial charge in [-0.1, -0.05) is 25.5 Å². The number of unbranched alkanes of at least 4 members (excludes halogenated alkanes) is 1. The van der Waals surface area contributed by atoms with Gasteiger partial charge in [-0.15, -0.1) is 0 Å². The average molecular weight is 380 g/mol. The Morgan fingerprint density at radius 2 is 1.63 bits per heavy atom. The summed E-state index contributed by atoms with van der Waals surface area (Å²) < 4.78 is 16.7. The van der Waals surface area contributed by atoms with Gasteiger partial charge in [-0.3, -0.25) is 4.99 Å². The molecule has 0 aliphatic carbocycles. The Balaban J connectivity index is 2.09. The molecule has 0 unspecified atom stereocenters. The molecule has 1 aromatic carbocycles. The van der Waals surface area contributed by atoms with Crippen molar-refractivity contribution >= 4 is 5.96 Å². The minimum absolute atomic E-state index is 0.199. The first kappa shape index (κ1) is 23.2. The third kappa shape index (κ3) is 12.3. The molecule has 0 saturated carbocycles. The van der Waals surface area contributed by atoms with E-state index in [1.54, 1.807) is 7.05 Å². The highest BCUT2D eigenvalue weighted by molar-refractivity contribution is 5.79. The van der Waals surface area contributed by atoms with Gasteiger partial charge in [0.15, 0.2) is 5.96 Å². The van der Waals surface area contributed by atoms with Gasteiger partial charge in [0.25, 0.3) is 0 Å². The number of ether oxygens (including phenoxy) is 3. The molecule has 0 aliphatic rings. The molecule has 154 valence electrons. The molecule has 0 aromatic heterocycles. The van der Waals surface area contributed by atoms with Crippen LogP contribution >= 0.6 is 0 Å². The van der Waals surface area contributed by atoms with E-state index < -0.39 is 0 Å². The number of aliphatic imine (C=N–C) groups is 1. The van der Waals surface area contributed by atoms with Crippen LogP contribution in [0.3, 0.4) is 0 Å². The molecule has 0 amide bonds. The van der Waals surface area contributed by atoms with Crippen molar-refractivity contribution in [3.05, 3.63) is 29.8 Å². The van der Waals surface area contributed by atoms with Crippen LogP contribution in [-0.4, -0.2) is 58.6 Å². The quantitative estimate of drug-likeness (QED) is 0.296. The maximum Gasteiger partial charge on any atom is 0.191 e. The highest BCUT2D eigenvalue weighted by Gasteiger charge is 2.00. The van der Waals surface area contributed by atoms with Crippen molar-refractivity contribution in [2.75, 3.05) is 46.6 Å². The zero-order chi connectivity index (χ0) is 19.7. The standard InChI is InChI=1S/C21H37N3O3/c1-5-6-14-25-16-17-26-15-13-24-21(22-4)23-12-11-19-7-9-20(10-8-19)27-18(2)3/h7-10,18H,5-6,11-17H2,1-4H3,(H2,22,23,24). The molecule has 0 aliphatic heterocycles. The Hall–Kier alpha value is -1.79. The van der Waals surface area contributed by atoms with Crippen LogP contribution in [-0.2, 0) is 15.9 Å². The third-order valence-electron chi connectivity index (χ3n) is 3.78. The van der Waals surface area contributed by atoms with Crippen molar-refractivity contribution in [1.29, 1.82) is 0 Å². The van der Waals surface area contributed by atoms with Crippen LogP contribution in [0.1, 0.15) is 39.2 Å². The van der Waals surface area contributed by atoms with Gasteiger partial charge in [0, 0.05) is 26.7 Å². The van der Waals surface area contributed by atoms with Gasteiger partial charge >= 0.3 is 0 Å². The first-order valence-corrected chi connectivity index (χ1v) is 10.0. The minimum Gasteiger partial charge on any atom is -0.491 e. The van der Waals surface area contributed by atoms with E-state index in [-0.39, 0.29) is 6.10 Å². The number of nitrogens with one attached hydrogen (secondary N) is 2. The van der Waals surface area contributed by atoms with E-state index in [2.05, 4.69) is 34.7 Å². The van der Waals surface area contributed by atoms with Crippen LogP contribution in [0.5, 0.6) is 5.75 Å². The molecule has 0 heterocycles. The van der Waals surface area contributed by atoms with E-state index in [1.807, 2.05) is 26.0 Å². The number of rotatable bonds is 14. The molecule has 0 saturated heterocycles. The number of hydrogen-bond acceptors (Lipinski definition) is 4. The van der Waals surface area contributed by atoms with Crippen LogP contribution in [0.4, 0.5) is 0 Å².